The Kier molecular flexibility index (Phi) is 5.11. The summed E-state index contributed by atoms with van der Waals surface area (Å²) in [5, 5.41) is 0.607. The monoisotopic (exact) mass is 345 g/mol. The second kappa shape index (κ2) is 6.62. The number of benzene rings is 1. The minimum absolute atomic E-state index is 0.0316. The third-order valence-electron chi connectivity index (χ3n) is 3.13. The highest BCUT2D eigenvalue weighted by atomic mass is 79.9. The number of likely N-dealkylation sites (tertiary alicyclic amines) is 1. The average molecular weight is 347 g/mol. The minimum atomic E-state index is -0.490. The van der Waals surface area contributed by atoms with E-state index in [2.05, 4.69) is 15.9 Å². The number of rotatable bonds is 3. The summed E-state index contributed by atoms with van der Waals surface area (Å²) in [6.07, 6.45) is 1.66. The topological polar surface area (TPSA) is 29.5 Å². The molecule has 0 spiro atoms. The fourth-order valence-electron chi connectivity index (χ4n) is 2.18. The van der Waals surface area contributed by atoms with Crippen LogP contribution in [0.15, 0.2) is 24.3 Å². The largest absolute Gasteiger partial charge is 0.481 e. The number of ether oxygens (including phenoxy) is 1. The molecule has 1 aromatic rings. The Morgan fingerprint density at radius 1 is 1.58 bits per heavy atom. The van der Waals surface area contributed by atoms with Crippen LogP contribution >= 0.6 is 27.5 Å². The van der Waals surface area contributed by atoms with Crippen LogP contribution in [-0.2, 0) is 4.79 Å². The lowest BCUT2D eigenvalue weighted by molar-refractivity contribution is -0.138. The molecule has 0 bridgehead atoms. The molecule has 1 heterocycles. The van der Waals surface area contributed by atoms with E-state index in [1.807, 2.05) is 11.0 Å². The lowest BCUT2D eigenvalue weighted by Crippen LogP contribution is -2.46. The third-order valence-corrected chi connectivity index (χ3v) is 4.11. The molecule has 2 unspecified atom stereocenters. The number of halogens is 2. The van der Waals surface area contributed by atoms with Crippen LogP contribution in [0.25, 0.3) is 0 Å². The number of carbonyl (C=O) groups excluding carboxylic acids is 1. The van der Waals surface area contributed by atoms with Crippen molar-refractivity contribution >= 4 is 33.4 Å². The van der Waals surface area contributed by atoms with Gasteiger partial charge in [0.2, 0.25) is 0 Å². The van der Waals surface area contributed by atoms with Crippen LogP contribution in [0.5, 0.6) is 5.75 Å². The predicted molar refractivity (Wildman–Crippen MR) is 80.1 cm³/mol. The molecule has 0 aliphatic carbocycles. The van der Waals surface area contributed by atoms with E-state index < -0.39 is 6.10 Å². The number of nitrogens with zero attached hydrogens (tertiary/aromatic N) is 1. The second-order valence-corrected chi connectivity index (χ2v) is 6.47. The molecule has 2 atom stereocenters. The molecule has 5 heteroatoms. The van der Waals surface area contributed by atoms with E-state index in [-0.39, 0.29) is 5.91 Å². The molecule has 104 valence electrons. The van der Waals surface area contributed by atoms with Gasteiger partial charge in [0.1, 0.15) is 5.75 Å². The molecule has 19 heavy (non-hydrogen) atoms. The molecule has 1 fully saturated rings. The number of alkyl halides is 1. The van der Waals surface area contributed by atoms with Crippen molar-refractivity contribution in [1.29, 1.82) is 0 Å². The van der Waals surface area contributed by atoms with E-state index in [4.69, 9.17) is 16.3 Å². The number of hydrogen-bond donors (Lipinski definition) is 0. The highest BCUT2D eigenvalue weighted by Gasteiger charge is 2.26. The zero-order valence-electron chi connectivity index (χ0n) is 10.8. The molecule has 2 rings (SSSR count). The van der Waals surface area contributed by atoms with Crippen molar-refractivity contribution in [2.24, 2.45) is 0 Å². The Labute approximate surface area is 127 Å². The molecule has 0 radical (unpaired) electrons. The molecule has 3 nitrogen and oxygen atoms in total. The summed E-state index contributed by atoms with van der Waals surface area (Å²) in [7, 11) is 0. The van der Waals surface area contributed by atoms with E-state index in [1.165, 1.54) is 0 Å². The summed E-state index contributed by atoms with van der Waals surface area (Å²) in [5.41, 5.74) is 0. The minimum Gasteiger partial charge on any atom is -0.481 e. The lowest BCUT2D eigenvalue weighted by atomic mass is 10.1. The van der Waals surface area contributed by atoms with Crippen LogP contribution in [0.3, 0.4) is 0 Å². The zero-order chi connectivity index (χ0) is 13.8. The van der Waals surface area contributed by atoms with Crippen LogP contribution in [0.1, 0.15) is 19.8 Å². The Morgan fingerprint density at radius 3 is 3.05 bits per heavy atom. The molecular formula is C14H17BrClNO2. The normalized spacial score (nSPS) is 21.0. The first-order valence-corrected chi connectivity index (χ1v) is 7.70. The van der Waals surface area contributed by atoms with E-state index in [0.717, 1.165) is 25.9 Å². The van der Waals surface area contributed by atoms with Crippen molar-refractivity contribution in [3.8, 4) is 5.75 Å². The van der Waals surface area contributed by atoms with Gasteiger partial charge < -0.3 is 9.64 Å². The van der Waals surface area contributed by atoms with Gasteiger partial charge in [0.05, 0.1) is 0 Å². The van der Waals surface area contributed by atoms with Crippen molar-refractivity contribution in [3.63, 3.8) is 0 Å². The quantitative estimate of drug-likeness (QED) is 0.784. The van der Waals surface area contributed by atoms with Gasteiger partial charge in [-0.1, -0.05) is 33.6 Å². The van der Waals surface area contributed by atoms with E-state index in [9.17, 15) is 4.79 Å². The van der Waals surface area contributed by atoms with Crippen LogP contribution in [0, 0.1) is 0 Å². The summed E-state index contributed by atoms with van der Waals surface area (Å²) in [4.78, 5) is 14.5. The van der Waals surface area contributed by atoms with Gasteiger partial charge in [-0.05, 0) is 38.0 Å². The molecule has 1 aliphatic rings. The average Bonchev–Trinajstić information content (AvgIpc) is 2.38. The Hall–Kier alpha value is -0.740. The van der Waals surface area contributed by atoms with Gasteiger partial charge in [-0.25, -0.2) is 0 Å². The number of piperidine rings is 1. The van der Waals surface area contributed by atoms with E-state index >= 15 is 0 Å². The molecule has 0 aromatic heterocycles. The van der Waals surface area contributed by atoms with Crippen LogP contribution in [0.4, 0.5) is 0 Å². The first-order chi connectivity index (χ1) is 9.06. The summed E-state index contributed by atoms with van der Waals surface area (Å²) in [5.74, 6) is 0.657. The van der Waals surface area contributed by atoms with Crippen LogP contribution in [-0.4, -0.2) is 34.8 Å². The van der Waals surface area contributed by atoms with Gasteiger partial charge in [-0.2, -0.15) is 0 Å². The molecule has 0 saturated carbocycles. The number of carbonyl (C=O) groups is 1. The summed E-state index contributed by atoms with van der Waals surface area (Å²) in [6.45, 7) is 3.34. The standard InChI is InChI=1S/C14H17BrClNO2/c1-10(19-13-6-2-5-12(16)8-13)14(18)17-7-3-4-11(15)9-17/h2,5-6,8,10-11H,3-4,7,9H2,1H3. The fraction of sp³-hybridized carbons (Fsp3) is 0.500. The Balaban J connectivity index is 1.95. The van der Waals surface area contributed by atoms with E-state index in [0.29, 0.717) is 15.6 Å². The molecule has 1 amide bonds. The number of hydrogen-bond acceptors (Lipinski definition) is 2. The highest BCUT2D eigenvalue weighted by Crippen LogP contribution is 2.21. The van der Waals surface area contributed by atoms with Crippen molar-refractivity contribution in [3.05, 3.63) is 29.3 Å². The highest BCUT2D eigenvalue weighted by molar-refractivity contribution is 9.09. The van der Waals surface area contributed by atoms with Crippen LogP contribution in [0.2, 0.25) is 5.02 Å². The first kappa shape index (κ1) is 14.7. The Bertz CT molecular complexity index is 455. The SMILES string of the molecule is CC(Oc1cccc(Cl)c1)C(=O)N1CCCC(Br)C1. The Morgan fingerprint density at radius 2 is 2.37 bits per heavy atom. The first-order valence-electron chi connectivity index (χ1n) is 6.41. The van der Waals surface area contributed by atoms with Crippen molar-refractivity contribution in [2.75, 3.05) is 13.1 Å². The van der Waals surface area contributed by atoms with Gasteiger partial charge in [-0.3, -0.25) is 4.79 Å². The van der Waals surface area contributed by atoms with Gasteiger partial charge in [-0.15, -0.1) is 0 Å². The fourth-order valence-corrected chi connectivity index (χ4v) is 3.03. The van der Waals surface area contributed by atoms with Crippen molar-refractivity contribution in [2.45, 2.75) is 30.7 Å². The van der Waals surface area contributed by atoms with Gasteiger partial charge in [0, 0.05) is 22.9 Å². The molecule has 0 N–H and O–H groups in total. The smallest absolute Gasteiger partial charge is 0.263 e. The van der Waals surface area contributed by atoms with Gasteiger partial charge in [0.25, 0.3) is 5.91 Å². The maximum absolute atomic E-state index is 12.3. The van der Waals surface area contributed by atoms with Gasteiger partial charge >= 0.3 is 0 Å². The third kappa shape index (κ3) is 4.11. The van der Waals surface area contributed by atoms with Gasteiger partial charge in [0.15, 0.2) is 6.10 Å². The maximum Gasteiger partial charge on any atom is 0.263 e. The molecule has 1 saturated heterocycles. The number of amides is 1. The van der Waals surface area contributed by atoms with Crippen LogP contribution < -0.4 is 4.74 Å². The summed E-state index contributed by atoms with van der Waals surface area (Å²) >= 11 is 9.46. The van der Waals surface area contributed by atoms with Crippen molar-refractivity contribution < 1.29 is 9.53 Å². The molecule has 1 aliphatic heterocycles. The van der Waals surface area contributed by atoms with Crippen molar-refractivity contribution in [1.82, 2.24) is 4.90 Å². The van der Waals surface area contributed by atoms with E-state index in [1.54, 1.807) is 25.1 Å². The second-order valence-electron chi connectivity index (χ2n) is 4.74. The molecule has 1 aromatic carbocycles. The lowest BCUT2D eigenvalue weighted by Gasteiger charge is -2.32. The zero-order valence-corrected chi connectivity index (χ0v) is 13.2. The summed E-state index contributed by atoms with van der Waals surface area (Å²) < 4.78 is 5.65. The predicted octanol–water partition coefficient (Wildman–Crippen LogP) is 3.49. The summed E-state index contributed by atoms with van der Waals surface area (Å²) in [6, 6.07) is 7.11. The molecular weight excluding hydrogens is 330 g/mol. The maximum atomic E-state index is 12.3.